The first-order valence-corrected chi connectivity index (χ1v) is 7.26. The van der Waals surface area contributed by atoms with E-state index in [9.17, 15) is 0 Å². The van der Waals surface area contributed by atoms with E-state index in [0.29, 0.717) is 29.8 Å². The molecule has 0 aromatic carbocycles. The number of hydrogen-bond donors (Lipinski definition) is 3. The first kappa shape index (κ1) is 14.8. The van der Waals surface area contributed by atoms with Crippen molar-refractivity contribution in [2.45, 2.75) is 45.1 Å². The van der Waals surface area contributed by atoms with Gasteiger partial charge in [0.15, 0.2) is 0 Å². The molecule has 1 fully saturated rings. The Morgan fingerprint density at radius 1 is 1.05 bits per heavy atom. The van der Waals surface area contributed by atoms with E-state index in [1.54, 1.807) is 0 Å². The molecular weight excluding hydrogens is 254 g/mol. The molecule has 1 heterocycles. The number of nitrogens with zero attached hydrogens (tertiary/aromatic N) is 4. The molecule has 0 bridgehead atoms. The summed E-state index contributed by atoms with van der Waals surface area (Å²) in [5, 5.41) is 3.46. The highest BCUT2D eigenvalue weighted by Gasteiger charge is 2.21. The van der Waals surface area contributed by atoms with E-state index in [1.807, 2.05) is 19.0 Å². The van der Waals surface area contributed by atoms with E-state index in [1.165, 1.54) is 25.7 Å². The van der Waals surface area contributed by atoms with Gasteiger partial charge < -0.3 is 10.2 Å². The van der Waals surface area contributed by atoms with Crippen LogP contribution in [0.25, 0.3) is 0 Å². The number of nitrogen functional groups attached to an aromatic ring is 1. The van der Waals surface area contributed by atoms with E-state index >= 15 is 0 Å². The largest absolute Gasteiger partial charge is 0.351 e. The number of nitrogens with two attached hydrogens (primary N) is 1. The predicted octanol–water partition coefficient (Wildman–Crippen LogP) is 1.60. The molecule has 1 aromatic heterocycles. The number of rotatable bonds is 4. The third-order valence-corrected chi connectivity index (χ3v) is 3.83. The normalized spacial score (nSPS) is 23.0. The summed E-state index contributed by atoms with van der Waals surface area (Å²) in [6, 6.07) is 0.417. The predicted molar refractivity (Wildman–Crippen MR) is 81.6 cm³/mol. The van der Waals surface area contributed by atoms with Crippen LogP contribution in [0.5, 0.6) is 0 Å². The number of aromatic nitrogens is 3. The summed E-state index contributed by atoms with van der Waals surface area (Å²) in [5.74, 6) is 7.62. The van der Waals surface area contributed by atoms with Gasteiger partial charge in [0.25, 0.3) is 0 Å². The maximum Gasteiger partial charge on any atom is 0.243 e. The zero-order valence-corrected chi connectivity index (χ0v) is 12.6. The molecule has 0 saturated heterocycles. The van der Waals surface area contributed by atoms with Gasteiger partial charge in [-0.15, -0.1) is 0 Å². The third-order valence-electron chi connectivity index (χ3n) is 3.83. The van der Waals surface area contributed by atoms with Crippen molar-refractivity contribution in [2.75, 3.05) is 29.7 Å². The van der Waals surface area contributed by atoms with Crippen molar-refractivity contribution < 1.29 is 0 Å². The highest BCUT2D eigenvalue weighted by atomic mass is 15.4. The van der Waals surface area contributed by atoms with Gasteiger partial charge in [0, 0.05) is 20.1 Å². The number of anilines is 3. The van der Waals surface area contributed by atoms with Crippen LogP contribution in [-0.4, -0.2) is 35.1 Å². The molecule has 1 saturated carbocycles. The second-order valence-corrected chi connectivity index (χ2v) is 5.69. The standard InChI is InChI=1S/C13H25N7/c1-9-7-5-4-6-8-10(9)15-11-16-12(19-14)18-13(17-11)20(2)3/h9-10H,4-8,14H2,1-3H3,(H2,15,16,17,18,19). The summed E-state index contributed by atoms with van der Waals surface area (Å²) in [4.78, 5) is 14.8. The van der Waals surface area contributed by atoms with Crippen molar-refractivity contribution >= 4 is 17.8 Å². The lowest BCUT2D eigenvalue weighted by molar-refractivity contribution is 0.454. The van der Waals surface area contributed by atoms with Gasteiger partial charge in [-0.25, -0.2) is 5.84 Å². The van der Waals surface area contributed by atoms with E-state index in [4.69, 9.17) is 5.84 Å². The number of nitrogens with one attached hydrogen (secondary N) is 2. The van der Waals surface area contributed by atoms with E-state index in [2.05, 4.69) is 32.6 Å². The zero-order chi connectivity index (χ0) is 14.5. The minimum Gasteiger partial charge on any atom is -0.351 e. The third kappa shape index (κ3) is 3.69. The number of hydrogen-bond acceptors (Lipinski definition) is 7. The van der Waals surface area contributed by atoms with Crippen molar-refractivity contribution in [1.29, 1.82) is 0 Å². The first-order valence-electron chi connectivity index (χ1n) is 7.26. The van der Waals surface area contributed by atoms with Gasteiger partial charge in [-0.05, 0) is 18.8 Å². The fraction of sp³-hybridized carbons (Fsp3) is 0.769. The fourth-order valence-corrected chi connectivity index (χ4v) is 2.57. The van der Waals surface area contributed by atoms with Gasteiger partial charge in [-0.1, -0.05) is 26.2 Å². The molecule has 4 N–H and O–H groups in total. The van der Waals surface area contributed by atoms with Crippen LogP contribution < -0.4 is 21.5 Å². The molecule has 1 aliphatic carbocycles. The van der Waals surface area contributed by atoms with Crippen LogP contribution in [0.3, 0.4) is 0 Å². The molecule has 2 rings (SSSR count). The van der Waals surface area contributed by atoms with Crippen LogP contribution in [0.15, 0.2) is 0 Å². The Bertz CT molecular complexity index is 435. The van der Waals surface area contributed by atoms with Gasteiger partial charge in [-0.3, -0.25) is 5.43 Å². The highest BCUT2D eigenvalue weighted by Crippen LogP contribution is 2.25. The summed E-state index contributed by atoms with van der Waals surface area (Å²) in [5.41, 5.74) is 2.49. The summed E-state index contributed by atoms with van der Waals surface area (Å²) in [6.45, 7) is 2.29. The quantitative estimate of drug-likeness (QED) is 0.438. The minimum absolute atomic E-state index is 0.382. The summed E-state index contributed by atoms with van der Waals surface area (Å²) >= 11 is 0. The molecule has 20 heavy (non-hydrogen) atoms. The lowest BCUT2D eigenvalue weighted by Crippen LogP contribution is -2.28. The number of hydrazine groups is 1. The Hall–Kier alpha value is -1.63. The van der Waals surface area contributed by atoms with Gasteiger partial charge in [0.05, 0.1) is 0 Å². The fourth-order valence-electron chi connectivity index (χ4n) is 2.57. The summed E-state index contributed by atoms with van der Waals surface area (Å²) < 4.78 is 0. The lowest BCUT2D eigenvalue weighted by atomic mass is 9.97. The Labute approximate surface area is 120 Å². The van der Waals surface area contributed by atoms with E-state index < -0.39 is 0 Å². The van der Waals surface area contributed by atoms with Crippen molar-refractivity contribution in [2.24, 2.45) is 11.8 Å². The molecule has 0 spiro atoms. The van der Waals surface area contributed by atoms with E-state index in [-0.39, 0.29) is 0 Å². The van der Waals surface area contributed by atoms with Crippen molar-refractivity contribution in [3.63, 3.8) is 0 Å². The van der Waals surface area contributed by atoms with Gasteiger partial charge >= 0.3 is 0 Å². The molecule has 7 nitrogen and oxygen atoms in total. The smallest absolute Gasteiger partial charge is 0.243 e. The van der Waals surface area contributed by atoms with Crippen LogP contribution in [0.4, 0.5) is 17.8 Å². The molecule has 1 aliphatic rings. The molecule has 7 heteroatoms. The molecule has 0 radical (unpaired) electrons. The van der Waals surface area contributed by atoms with Gasteiger partial charge in [-0.2, -0.15) is 15.0 Å². The molecule has 0 amide bonds. The Balaban J connectivity index is 2.16. The Morgan fingerprint density at radius 3 is 2.45 bits per heavy atom. The topological polar surface area (TPSA) is 92.0 Å². The van der Waals surface area contributed by atoms with Crippen LogP contribution in [0.1, 0.15) is 39.0 Å². The first-order chi connectivity index (χ1) is 9.60. The maximum absolute atomic E-state index is 5.42. The molecule has 112 valence electrons. The Morgan fingerprint density at radius 2 is 1.75 bits per heavy atom. The van der Waals surface area contributed by atoms with Crippen LogP contribution >= 0.6 is 0 Å². The van der Waals surface area contributed by atoms with Crippen molar-refractivity contribution in [3.05, 3.63) is 0 Å². The lowest BCUT2D eigenvalue weighted by Gasteiger charge is -2.23. The second-order valence-electron chi connectivity index (χ2n) is 5.69. The van der Waals surface area contributed by atoms with Crippen LogP contribution in [0, 0.1) is 5.92 Å². The molecule has 1 aromatic rings. The zero-order valence-electron chi connectivity index (χ0n) is 12.6. The average molecular weight is 279 g/mol. The molecule has 2 atom stereocenters. The van der Waals surface area contributed by atoms with E-state index in [0.717, 1.165) is 6.42 Å². The van der Waals surface area contributed by atoms with Gasteiger partial charge in [0.2, 0.25) is 17.8 Å². The van der Waals surface area contributed by atoms with Gasteiger partial charge in [0.1, 0.15) is 0 Å². The van der Waals surface area contributed by atoms with Crippen LogP contribution in [-0.2, 0) is 0 Å². The second kappa shape index (κ2) is 6.69. The Kier molecular flexibility index (Phi) is 4.94. The SMILES string of the molecule is CC1CCCCCC1Nc1nc(NN)nc(N(C)C)n1. The average Bonchev–Trinajstić information content (AvgIpc) is 2.64. The molecule has 2 unspecified atom stereocenters. The van der Waals surface area contributed by atoms with Crippen LogP contribution in [0.2, 0.25) is 0 Å². The minimum atomic E-state index is 0.382. The highest BCUT2D eigenvalue weighted by molar-refractivity contribution is 5.42. The molecular formula is C13H25N7. The summed E-state index contributed by atoms with van der Waals surface area (Å²) in [6.07, 6.45) is 6.31. The monoisotopic (exact) mass is 279 g/mol. The molecule has 0 aliphatic heterocycles. The maximum atomic E-state index is 5.42. The van der Waals surface area contributed by atoms with Crippen molar-refractivity contribution in [3.8, 4) is 0 Å². The van der Waals surface area contributed by atoms with Crippen molar-refractivity contribution in [1.82, 2.24) is 15.0 Å². The summed E-state index contributed by atoms with van der Waals surface area (Å²) in [7, 11) is 3.79.